The Morgan fingerprint density at radius 2 is 1.22 bits per heavy atom. The average Bonchev–Trinajstić information content (AvgIpc) is 1.77. The fourth-order valence-electron chi connectivity index (χ4n) is 1.50. The van der Waals surface area contributed by atoms with Crippen LogP contribution in [-0.2, 0) is 0 Å². The minimum Gasteiger partial charge on any atom is -0.0776 e. The van der Waals surface area contributed by atoms with Crippen molar-refractivity contribution in [1.82, 2.24) is 0 Å². The molecule has 9 heavy (non-hydrogen) atoms. The van der Waals surface area contributed by atoms with Crippen LogP contribution in [-0.4, -0.2) is 0 Å². The third-order valence-electron chi connectivity index (χ3n) is 2.54. The van der Waals surface area contributed by atoms with Gasteiger partial charge in [-0.25, -0.2) is 0 Å². The number of hydrogen-bond acceptors (Lipinski definition) is 0. The summed E-state index contributed by atoms with van der Waals surface area (Å²) in [5.41, 5.74) is 0. The third-order valence-corrected chi connectivity index (χ3v) is 2.54. The number of hydrogen-bond donors (Lipinski definition) is 0. The van der Waals surface area contributed by atoms with Crippen LogP contribution in [0.5, 0.6) is 0 Å². The molecule has 0 aromatic heterocycles. The van der Waals surface area contributed by atoms with E-state index in [1.165, 1.54) is 25.7 Å². The fourth-order valence-corrected chi connectivity index (χ4v) is 1.50. The molecule has 0 unspecified atom stereocenters. The molecule has 2 atom stereocenters. The Kier molecular flexibility index (Phi) is 3.92. The normalized spacial score (nSPS) is 35.3. The van der Waals surface area contributed by atoms with Crippen LogP contribution in [0.2, 0.25) is 0 Å². The fraction of sp³-hybridized carbons (Fsp3) is 1.00. The highest BCUT2D eigenvalue weighted by Crippen LogP contribution is 2.28. The first-order valence-electron chi connectivity index (χ1n) is 3.80. The van der Waals surface area contributed by atoms with Gasteiger partial charge in [-0.1, -0.05) is 47.0 Å². The van der Waals surface area contributed by atoms with Gasteiger partial charge in [0.05, 0.1) is 0 Å². The monoisotopic (exact) mass is 128 g/mol. The Balaban J connectivity index is 0.000000640. The Bertz CT molecular complexity index is 56.4. The zero-order valence-corrected chi connectivity index (χ0v) is 5.98. The van der Waals surface area contributed by atoms with Crippen LogP contribution in [0.1, 0.15) is 47.0 Å². The zero-order valence-electron chi connectivity index (χ0n) is 5.98. The van der Waals surface area contributed by atoms with Crippen molar-refractivity contribution in [2.75, 3.05) is 0 Å². The van der Waals surface area contributed by atoms with E-state index in [1.807, 2.05) is 0 Å². The molecule has 1 fully saturated rings. The summed E-state index contributed by atoms with van der Waals surface area (Å²) in [7, 11) is 0. The van der Waals surface area contributed by atoms with Gasteiger partial charge in [-0.2, -0.15) is 0 Å². The molecule has 1 aliphatic carbocycles. The average molecular weight is 128 g/mol. The van der Waals surface area contributed by atoms with Crippen molar-refractivity contribution in [2.45, 2.75) is 47.0 Å². The predicted octanol–water partition coefficient (Wildman–Crippen LogP) is 3.47. The van der Waals surface area contributed by atoms with E-state index in [4.69, 9.17) is 0 Å². The van der Waals surface area contributed by atoms with E-state index < -0.39 is 0 Å². The molecule has 0 aliphatic heterocycles. The standard InChI is InChI=1S/C8H16.CH4/c1-7-5-3-4-6-8(7)2;/h7-8H,3-6H2,1-2H3;1H4/t7-,8+;. The summed E-state index contributed by atoms with van der Waals surface area (Å²) in [6.45, 7) is 4.76. The summed E-state index contributed by atoms with van der Waals surface area (Å²) >= 11 is 0. The second-order valence-corrected chi connectivity index (χ2v) is 3.24. The second kappa shape index (κ2) is 3.92. The molecule has 0 amide bonds. The summed E-state index contributed by atoms with van der Waals surface area (Å²) in [5, 5.41) is 0. The minimum atomic E-state index is 0. The van der Waals surface area contributed by atoms with Crippen LogP contribution < -0.4 is 0 Å². The molecule has 0 aromatic rings. The van der Waals surface area contributed by atoms with E-state index >= 15 is 0 Å². The lowest BCUT2D eigenvalue weighted by Crippen LogP contribution is -2.12. The van der Waals surface area contributed by atoms with E-state index in [0.717, 1.165) is 11.8 Å². The Hall–Kier alpha value is 0. The highest BCUT2D eigenvalue weighted by molar-refractivity contribution is 4.67. The maximum atomic E-state index is 2.38. The molecule has 1 aliphatic rings. The highest BCUT2D eigenvalue weighted by atomic mass is 14.2. The Labute approximate surface area is 59.7 Å². The maximum absolute atomic E-state index is 2.38. The molecule has 0 spiro atoms. The first-order chi connectivity index (χ1) is 3.80. The minimum absolute atomic E-state index is 0. The topological polar surface area (TPSA) is 0 Å². The van der Waals surface area contributed by atoms with Crippen molar-refractivity contribution in [3.63, 3.8) is 0 Å². The highest BCUT2D eigenvalue weighted by Gasteiger charge is 2.15. The van der Waals surface area contributed by atoms with Gasteiger partial charge in [0.2, 0.25) is 0 Å². The Morgan fingerprint density at radius 1 is 0.889 bits per heavy atom. The van der Waals surface area contributed by atoms with Gasteiger partial charge in [0, 0.05) is 0 Å². The predicted molar refractivity (Wildman–Crippen MR) is 43.5 cm³/mol. The van der Waals surface area contributed by atoms with Gasteiger partial charge in [0.25, 0.3) is 0 Å². The quantitative estimate of drug-likeness (QED) is 0.468. The molecule has 0 N–H and O–H groups in total. The second-order valence-electron chi connectivity index (χ2n) is 3.24. The van der Waals surface area contributed by atoms with E-state index in [9.17, 15) is 0 Å². The summed E-state index contributed by atoms with van der Waals surface area (Å²) < 4.78 is 0. The van der Waals surface area contributed by atoms with Gasteiger partial charge in [-0.3, -0.25) is 0 Å². The van der Waals surface area contributed by atoms with Crippen molar-refractivity contribution in [2.24, 2.45) is 11.8 Å². The van der Waals surface area contributed by atoms with E-state index in [0.29, 0.717) is 0 Å². The molecular formula is C9H20. The van der Waals surface area contributed by atoms with E-state index in [1.54, 1.807) is 0 Å². The summed E-state index contributed by atoms with van der Waals surface area (Å²) in [6.07, 6.45) is 5.90. The van der Waals surface area contributed by atoms with E-state index in [-0.39, 0.29) is 7.43 Å². The molecule has 1 saturated carbocycles. The molecule has 1 rings (SSSR count). The lowest BCUT2D eigenvalue weighted by atomic mass is 9.82. The first-order valence-corrected chi connectivity index (χ1v) is 3.80. The molecule has 56 valence electrons. The molecule has 0 saturated heterocycles. The SMILES string of the molecule is C.C[C@@H]1CCCC[C@@H]1C. The van der Waals surface area contributed by atoms with Crippen LogP contribution in [0.3, 0.4) is 0 Å². The van der Waals surface area contributed by atoms with Crippen molar-refractivity contribution in [1.29, 1.82) is 0 Å². The van der Waals surface area contributed by atoms with Gasteiger partial charge >= 0.3 is 0 Å². The Morgan fingerprint density at radius 3 is 1.44 bits per heavy atom. The smallest absolute Gasteiger partial charge is 0.0417 e. The largest absolute Gasteiger partial charge is 0.0776 e. The van der Waals surface area contributed by atoms with Crippen LogP contribution >= 0.6 is 0 Å². The third kappa shape index (κ3) is 2.38. The van der Waals surface area contributed by atoms with Gasteiger partial charge in [-0.05, 0) is 11.8 Å². The zero-order chi connectivity index (χ0) is 5.98. The molecule has 0 radical (unpaired) electrons. The van der Waals surface area contributed by atoms with E-state index in [2.05, 4.69) is 13.8 Å². The van der Waals surface area contributed by atoms with Crippen LogP contribution in [0.15, 0.2) is 0 Å². The molecule has 0 heteroatoms. The molecule has 0 heterocycles. The van der Waals surface area contributed by atoms with Crippen LogP contribution in [0, 0.1) is 11.8 Å². The van der Waals surface area contributed by atoms with Crippen molar-refractivity contribution in [3.05, 3.63) is 0 Å². The molecule has 0 aromatic carbocycles. The molecular weight excluding hydrogens is 108 g/mol. The first kappa shape index (κ1) is 9.00. The summed E-state index contributed by atoms with van der Waals surface area (Å²) in [4.78, 5) is 0. The van der Waals surface area contributed by atoms with Crippen LogP contribution in [0.25, 0.3) is 0 Å². The van der Waals surface area contributed by atoms with Gasteiger partial charge in [-0.15, -0.1) is 0 Å². The van der Waals surface area contributed by atoms with Gasteiger partial charge < -0.3 is 0 Å². The van der Waals surface area contributed by atoms with Gasteiger partial charge in [0.15, 0.2) is 0 Å². The van der Waals surface area contributed by atoms with Crippen molar-refractivity contribution < 1.29 is 0 Å². The van der Waals surface area contributed by atoms with Gasteiger partial charge in [0.1, 0.15) is 0 Å². The summed E-state index contributed by atoms with van der Waals surface area (Å²) in [5.74, 6) is 2.01. The van der Waals surface area contributed by atoms with Crippen LogP contribution in [0.4, 0.5) is 0 Å². The lowest BCUT2D eigenvalue weighted by molar-refractivity contribution is 0.277. The maximum Gasteiger partial charge on any atom is -0.0417 e. The lowest BCUT2D eigenvalue weighted by Gasteiger charge is -2.24. The summed E-state index contributed by atoms with van der Waals surface area (Å²) in [6, 6.07) is 0. The molecule has 0 nitrogen and oxygen atoms in total. The molecule has 0 bridgehead atoms. The number of rotatable bonds is 0. The van der Waals surface area contributed by atoms with Crippen molar-refractivity contribution in [3.8, 4) is 0 Å². The van der Waals surface area contributed by atoms with Crippen molar-refractivity contribution >= 4 is 0 Å².